The predicted octanol–water partition coefficient (Wildman–Crippen LogP) is 6.34. The normalized spacial score (nSPS) is 19.3. The van der Waals surface area contributed by atoms with Crippen LogP contribution in [0.3, 0.4) is 0 Å². The van der Waals surface area contributed by atoms with Gasteiger partial charge in [-0.25, -0.2) is 0 Å². The highest BCUT2D eigenvalue weighted by molar-refractivity contribution is 7.22. The van der Waals surface area contributed by atoms with Crippen LogP contribution in [0.15, 0.2) is 36.4 Å². The molecule has 0 saturated heterocycles. The number of nitrogens with one attached hydrogen (secondary N) is 2. The van der Waals surface area contributed by atoms with Gasteiger partial charge in [-0.1, -0.05) is 56.6 Å². The van der Waals surface area contributed by atoms with Crippen LogP contribution in [0.4, 0.5) is 0 Å². The Morgan fingerprint density at radius 1 is 1.30 bits per heavy atom. The molecule has 0 bridgehead atoms. The number of halogens is 1. The van der Waals surface area contributed by atoms with Gasteiger partial charge in [-0.2, -0.15) is 0 Å². The number of H-pyrrole nitrogens is 1. The molecule has 1 amide bonds. The minimum absolute atomic E-state index is 0.0181. The van der Waals surface area contributed by atoms with Crippen LogP contribution in [0.1, 0.15) is 48.3 Å². The van der Waals surface area contributed by atoms with Gasteiger partial charge < -0.3 is 14.7 Å². The van der Waals surface area contributed by atoms with Gasteiger partial charge in [0, 0.05) is 24.0 Å². The lowest BCUT2D eigenvalue weighted by atomic mass is 9.99. The van der Waals surface area contributed by atoms with Crippen molar-refractivity contribution in [1.82, 2.24) is 10.3 Å². The fraction of sp³-hybridized carbons (Fsp3) is 0.435. The van der Waals surface area contributed by atoms with Crippen LogP contribution >= 0.6 is 22.9 Å². The molecular formula is C23H29ClN2O2SSi. The second kappa shape index (κ2) is 7.82. The zero-order valence-electron chi connectivity index (χ0n) is 18.1. The van der Waals surface area contributed by atoms with E-state index in [-0.39, 0.29) is 22.9 Å². The topological polar surface area (TPSA) is 54.1 Å². The van der Waals surface area contributed by atoms with Crippen LogP contribution in [0, 0.1) is 0 Å². The van der Waals surface area contributed by atoms with Crippen molar-refractivity contribution in [3.8, 4) is 0 Å². The fourth-order valence-electron chi connectivity index (χ4n) is 3.81. The van der Waals surface area contributed by atoms with Crippen molar-refractivity contribution >= 4 is 47.4 Å². The van der Waals surface area contributed by atoms with E-state index in [1.165, 1.54) is 22.5 Å². The Balaban J connectivity index is 1.53. The van der Waals surface area contributed by atoms with Crippen LogP contribution in [0.5, 0.6) is 0 Å². The van der Waals surface area contributed by atoms with E-state index in [4.69, 9.17) is 16.0 Å². The molecule has 0 saturated carbocycles. The summed E-state index contributed by atoms with van der Waals surface area (Å²) in [6, 6.07) is 12.3. The summed E-state index contributed by atoms with van der Waals surface area (Å²) in [6.07, 6.45) is 0.828. The molecule has 160 valence electrons. The molecule has 0 fully saturated rings. The van der Waals surface area contributed by atoms with Crippen molar-refractivity contribution < 1.29 is 9.22 Å². The maximum absolute atomic E-state index is 13.0. The second-order valence-electron chi connectivity index (χ2n) is 9.68. The number of carbonyl (C=O) groups is 1. The Morgan fingerprint density at radius 2 is 2.03 bits per heavy atom. The highest BCUT2D eigenvalue weighted by Gasteiger charge is 2.40. The van der Waals surface area contributed by atoms with Gasteiger partial charge in [-0.3, -0.25) is 4.79 Å². The number of fused-ring (bicyclic) bond motifs is 2. The molecule has 2 heterocycles. The lowest BCUT2D eigenvalue weighted by molar-refractivity contribution is 0.0923. The minimum Gasteiger partial charge on any atom is -0.416 e. The number of aromatic amines is 1. The summed E-state index contributed by atoms with van der Waals surface area (Å²) in [7, 11) is -1.88. The molecule has 0 spiro atoms. The number of rotatable bonds is 5. The molecule has 0 unspecified atom stereocenters. The maximum atomic E-state index is 13.0. The van der Waals surface area contributed by atoms with E-state index in [0.717, 1.165) is 21.0 Å². The molecule has 0 radical (unpaired) electrons. The molecule has 30 heavy (non-hydrogen) atoms. The number of aromatic nitrogens is 1. The number of hydrogen-bond donors (Lipinski definition) is 2. The first-order chi connectivity index (χ1) is 14.0. The van der Waals surface area contributed by atoms with Crippen LogP contribution in [0.25, 0.3) is 10.2 Å². The Bertz CT molecular complexity index is 1050. The summed E-state index contributed by atoms with van der Waals surface area (Å²) in [5.41, 5.74) is 3.17. The van der Waals surface area contributed by atoms with Crippen molar-refractivity contribution in [2.45, 2.75) is 57.3 Å². The Morgan fingerprint density at radius 3 is 2.73 bits per heavy atom. The number of benzene rings is 1. The summed E-state index contributed by atoms with van der Waals surface area (Å²) in [5.74, 6) is 0.0782. The molecule has 2 aromatic heterocycles. The monoisotopic (exact) mass is 460 g/mol. The van der Waals surface area contributed by atoms with Gasteiger partial charge in [0.1, 0.15) is 10.5 Å². The summed E-state index contributed by atoms with van der Waals surface area (Å²) >= 11 is 7.51. The Labute approximate surface area is 188 Å². The SMILES string of the molecule is CC(C)(C)[Si](C)(C)OC[C@H]1c2ccccc2C[C@H]1NC(=O)c1cc2cc(Cl)sc2[nH]1. The van der Waals surface area contributed by atoms with Crippen molar-refractivity contribution in [2.75, 3.05) is 6.61 Å². The van der Waals surface area contributed by atoms with Gasteiger partial charge in [0.25, 0.3) is 5.91 Å². The number of thiophene rings is 1. The largest absolute Gasteiger partial charge is 0.416 e. The first-order valence-electron chi connectivity index (χ1n) is 10.4. The van der Waals surface area contributed by atoms with E-state index >= 15 is 0 Å². The van der Waals surface area contributed by atoms with E-state index in [9.17, 15) is 4.79 Å². The Hall–Kier alpha value is -1.60. The third-order valence-corrected chi connectivity index (χ3v) is 12.3. The van der Waals surface area contributed by atoms with Crippen LogP contribution in [0.2, 0.25) is 22.5 Å². The lowest BCUT2D eigenvalue weighted by Gasteiger charge is -2.37. The molecule has 4 rings (SSSR count). The standard InChI is InChI=1S/C23H29ClN2O2SSi/c1-23(2,3)30(4,5)28-13-17-16-9-7-6-8-14(16)10-18(17)25-21(27)19-11-15-12-20(24)29-22(15)26-19/h6-9,11-12,17-18,26H,10,13H2,1-5H3,(H,25,27)/t17-,18+/m0/s1. The van der Waals surface area contributed by atoms with Crippen molar-refractivity contribution in [1.29, 1.82) is 0 Å². The summed E-state index contributed by atoms with van der Waals surface area (Å²) in [4.78, 5) is 17.1. The van der Waals surface area contributed by atoms with E-state index in [0.29, 0.717) is 12.3 Å². The average Bonchev–Trinajstić information content (AvgIpc) is 3.29. The van der Waals surface area contributed by atoms with E-state index in [1.807, 2.05) is 12.1 Å². The predicted molar refractivity (Wildman–Crippen MR) is 128 cm³/mol. The second-order valence-corrected chi connectivity index (χ2v) is 16.2. The molecule has 1 aliphatic rings. The zero-order chi connectivity index (χ0) is 21.7. The molecule has 1 aromatic carbocycles. The maximum Gasteiger partial charge on any atom is 0.268 e. The Kier molecular flexibility index (Phi) is 5.64. The summed E-state index contributed by atoms with van der Waals surface area (Å²) < 4.78 is 7.29. The molecule has 0 aliphatic heterocycles. The van der Waals surface area contributed by atoms with Gasteiger partial charge in [-0.15, -0.1) is 11.3 Å². The van der Waals surface area contributed by atoms with Gasteiger partial charge >= 0.3 is 0 Å². The summed E-state index contributed by atoms with van der Waals surface area (Å²) in [5, 5.41) is 4.40. The first kappa shape index (κ1) is 21.6. The highest BCUT2D eigenvalue weighted by Crippen LogP contribution is 2.40. The molecule has 3 aromatic rings. The number of amides is 1. The van der Waals surface area contributed by atoms with Crippen molar-refractivity contribution in [3.63, 3.8) is 0 Å². The van der Waals surface area contributed by atoms with E-state index < -0.39 is 8.32 Å². The van der Waals surface area contributed by atoms with E-state index in [2.05, 4.69) is 68.4 Å². The van der Waals surface area contributed by atoms with Gasteiger partial charge in [0.2, 0.25) is 0 Å². The van der Waals surface area contributed by atoms with Crippen LogP contribution < -0.4 is 5.32 Å². The van der Waals surface area contributed by atoms with Gasteiger partial charge in [-0.05, 0) is 47.8 Å². The van der Waals surface area contributed by atoms with Gasteiger partial charge in [0.05, 0.1) is 4.34 Å². The number of carbonyl (C=O) groups excluding carboxylic acids is 1. The third-order valence-electron chi connectivity index (χ3n) is 6.65. The number of hydrogen-bond acceptors (Lipinski definition) is 3. The fourth-order valence-corrected chi connectivity index (χ4v) is 5.97. The smallest absolute Gasteiger partial charge is 0.268 e. The third kappa shape index (κ3) is 4.11. The van der Waals surface area contributed by atoms with Gasteiger partial charge in [0.15, 0.2) is 8.32 Å². The first-order valence-corrected chi connectivity index (χ1v) is 14.5. The molecule has 4 nitrogen and oxygen atoms in total. The van der Waals surface area contributed by atoms with Crippen molar-refractivity contribution in [2.24, 2.45) is 0 Å². The van der Waals surface area contributed by atoms with Crippen molar-refractivity contribution in [3.05, 3.63) is 57.6 Å². The molecule has 2 N–H and O–H groups in total. The highest BCUT2D eigenvalue weighted by atomic mass is 35.5. The summed E-state index contributed by atoms with van der Waals surface area (Å²) in [6.45, 7) is 11.9. The lowest BCUT2D eigenvalue weighted by Crippen LogP contribution is -2.44. The van der Waals surface area contributed by atoms with E-state index in [1.54, 1.807) is 0 Å². The van der Waals surface area contributed by atoms with Crippen LogP contribution in [-0.2, 0) is 10.8 Å². The molecule has 2 atom stereocenters. The zero-order valence-corrected chi connectivity index (χ0v) is 20.7. The minimum atomic E-state index is -1.88. The van der Waals surface area contributed by atoms with Crippen LogP contribution in [-0.4, -0.2) is 31.9 Å². The molecule has 1 aliphatic carbocycles. The molecular weight excluding hydrogens is 432 g/mol. The quantitative estimate of drug-likeness (QED) is 0.436. The molecule has 7 heteroatoms. The average molecular weight is 461 g/mol.